The van der Waals surface area contributed by atoms with Crippen molar-refractivity contribution in [2.24, 2.45) is 5.92 Å². The van der Waals surface area contributed by atoms with Gasteiger partial charge >= 0.3 is 0 Å². The van der Waals surface area contributed by atoms with E-state index in [1.54, 1.807) is 0 Å². The Balaban J connectivity index is 1.79. The Bertz CT molecular complexity index is 403. The van der Waals surface area contributed by atoms with Crippen LogP contribution in [0, 0.1) is 5.92 Å². The van der Waals surface area contributed by atoms with Gasteiger partial charge in [0.1, 0.15) is 0 Å². The number of rotatable bonds is 3. The number of piperidine rings is 1. The summed E-state index contributed by atoms with van der Waals surface area (Å²) in [7, 11) is 2.01. The molecule has 0 bridgehead atoms. The van der Waals surface area contributed by atoms with E-state index in [2.05, 4.69) is 28.3 Å². The molecule has 0 amide bonds. The first-order valence-corrected chi connectivity index (χ1v) is 8.01. The average Bonchev–Trinajstić information content (AvgIpc) is 3.05. The van der Waals surface area contributed by atoms with Crippen molar-refractivity contribution < 1.29 is 0 Å². The summed E-state index contributed by atoms with van der Waals surface area (Å²) in [5, 5.41) is 4.55. The summed E-state index contributed by atoms with van der Waals surface area (Å²) < 4.78 is 0. The number of thiazole rings is 1. The van der Waals surface area contributed by atoms with Gasteiger partial charge in [0, 0.05) is 29.7 Å². The molecule has 1 saturated carbocycles. The van der Waals surface area contributed by atoms with Crippen LogP contribution in [0.2, 0.25) is 0 Å². The lowest BCUT2D eigenvalue weighted by Gasteiger charge is -2.37. The molecule has 1 aliphatic heterocycles. The maximum Gasteiger partial charge on any atom is 0.185 e. The van der Waals surface area contributed by atoms with E-state index in [4.69, 9.17) is 0 Å². The van der Waals surface area contributed by atoms with Gasteiger partial charge in [-0.25, -0.2) is 4.98 Å². The van der Waals surface area contributed by atoms with Crippen LogP contribution in [0.5, 0.6) is 0 Å². The average molecular weight is 265 g/mol. The van der Waals surface area contributed by atoms with Crippen LogP contribution in [-0.4, -0.2) is 24.6 Å². The fraction of sp³-hybridized carbons (Fsp3) is 0.786. The second kappa shape index (κ2) is 5.17. The Morgan fingerprint density at radius 1 is 1.39 bits per heavy atom. The van der Waals surface area contributed by atoms with Gasteiger partial charge in [0.2, 0.25) is 0 Å². The molecule has 0 aromatic carbocycles. The zero-order valence-corrected chi connectivity index (χ0v) is 12.2. The molecule has 2 heterocycles. The molecule has 1 saturated heterocycles. The van der Waals surface area contributed by atoms with Gasteiger partial charge in [-0.3, -0.25) is 0 Å². The third-order valence-electron chi connectivity index (χ3n) is 4.61. The minimum Gasteiger partial charge on any atom is -0.345 e. The van der Waals surface area contributed by atoms with Gasteiger partial charge in [-0.15, -0.1) is 11.3 Å². The van der Waals surface area contributed by atoms with Gasteiger partial charge in [0.25, 0.3) is 0 Å². The Morgan fingerprint density at radius 2 is 2.22 bits per heavy atom. The predicted molar refractivity (Wildman–Crippen MR) is 77.3 cm³/mol. The van der Waals surface area contributed by atoms with E-state index in [-0.39, 0.29) is 0 Å². The standard InChI is InChI=1S/C14H23N3S/c1-10(15-2)13-9-16-14(18-13)17-8-4-6-11-5-3-7-12(11)17/h9-12,15H,3-8H2,1-2H3. The van der Waals surface area contributed by atoms with Gasteiger partial charge in [-0.05, 0) is 45.6 Å². The summed E-state index contributed by atoms with van der Waals surface area (Å²) in [5.41, 5.74) is 0. The number of nitrogens with one attached hydrogen (secondary N) is 1. The zero-order valence-electron chi connectivity index (χ0n) is 11.4. The van der Waals surface area contributed by atoms with Crippen molar-refractivity contribution in [2.45, 2.75) is 51.1 Å². The maximum absolute atomic E-state index is 4.67. The van der Waals surface area contributed by atoms with Crippen LogP contribution in [-0.2, 0) is 0 Å². The van der Waals surface area contributed by atoms with Gasteiger partial charge < -0.3 is 10.2 Å². The molecular weight excluding hydrogens is 242 g/mol. The zero-order chi connectivity index (χ0) is 12.5. The minimum atomic E-state index is 0.417. The number of hydrogen-bond donors (Lipinski definition) is 1. The van der Waals surface area contributed by atoms with Crippen molar-refractivity contribution in [2.75, 3.05) is 18.5 Å². The van der Waals surface area contributed by atoms with E-state index in [0.717, 1.165) is 12.0 Å². The number of aromatic nitrogens is 1. The van der Waals surface area contributed by atoms with Crippen molar-refractivity contribution in [3.63, 3.8) is 0 Å². The first-order valence-electron chi connectivity index (χ1n) is 7.19. The predicted octanol–water partition coefficient (Wildman–Crippen LogP) is 3.19. The smallest absolute Gasteiger partial charge is 0.185 e. The second-order valence-corrected chi connectivity index (χ2v) is 6.69. The maximum atomic E-state index is 4.67. The quantitative estimate of drug-likeness (QED) is 0.909. The number of hydrogen-bond acceptors (Lipinski definition) is 4. The van der Waals surface area contributed by atoms with E-state index >= 15 is 0 Å². The van der Waals surface area contributed by atoms with E-state index < -0.39 is 0 Å². The van der Waals surface area contributed by atoms with E-state index in [1.807, 2.05) is 18.4 Å². The molecule has 3 nitrogen and oxygen atoms in total. The molecule has 1 aromatic rings. The van der Waals surface area contributed by atoms with Gasteiger partial charge in [-0.1, -0.05) is 6.42 Å². The third kappa shape index (κ3) is 2.16. The molecule has 3 atom stereocenters. The fourth-order valence-corrected chi connectivity index (χ4v) is 4.50. The Morgan fingerprint density at radius 3 is 3.06 bits per heavy atom. The minimum absolute atomic E-state index is 0.417. The monoisotopic (exact) mass is 265 g/mol. The van der Waals surface area contributed by atoms with Crippen molar-refractivity contribution in [3.8, 4) is 0 Å². The van der Waals surface area contributed by atoms with Crippen LogP contribution in [0.15, 0.2) is 6.20 Å². The van der Waals surface area contributed by atoms with Crippen LogP contribution in [0.4, 0.5) is 5.13 Å². The molecule has 0 radical (unpaired) electrons. The van der Waals surface area contributed by atoms with Crippen LogP contribution in [0.25, 0.3) is 0 Å². The molecule has 1 aliphatic carbocycles. The van der Waals surface area contributed by atoms with Crippen LogP contribution in [0.1, 0.15) is 49.9 Å². The van der Waals surface area contributed by atoms with E-state index in [9.17, 15) is 0 Å². The summed E-state index contributed by atoms with van der Waals surface area (Å²) in [6.45, 7) is 3.41. The lowest BCUT2D eigenvalue weighted by atomic mass is 9.92. The highest BCUT2D eigenvalue weighted by molar-refractivity contribution is 7.15. The highest BCUT2D eigenvalue weighted by atomic mass is 32.1. The Labute approximate surface area is 114 Å². The molecule has 2 fully saturated rings. The SMILES string of the molecule is CNC(C)c1cnc(N2CCCC3CCCC32)s1. The van der Waals surface area contributed by atoms with Gasteiger partial charge in [0.05, 0.1) is 0 Å². The molecule has 3 rings (SSSR count). The summed E-state index contributed by atoms with van der Waals surface area (Å²) in [4.78, 5) is 8.62. The summed E-state index contributed by atoms with van der Waals surface area (Å²) in [6.07, 6.45) is 9.06. The van der Waals surface area contributed by atoms with Crippen LogP contribution < -0.4 is 10.2 Å². The van der Waals surface area contributed by atoms with E-state index in [0.29, 0.717) is 6.04 Å². The molecule has 4 heteroatoms. The second-order valence-electron chi connectivity index (χ2n) is 5.65. The number of fused-ring (bicyclic) bond motifs is 1. The van der Waals surface area contributed by atoms with E-state index in [1.165, 1.54) is 48.7 Å². The third-order valence-corrected chi connectivity index (χ3v) is 5.83. The van der Waals surface area contributed by atoms with Crippen molar-refractivity contribution >= 4 is 16.5 Å². The molecular formula is C14H23N3S. The largest absolute Gasteiger partial charge is 0.345 e. The lowest BCUT2D eigenvalue weighted by Crippen LogP contribution is -2.42. The molecule has 2 aliphatic rings. The first-order chi connectivity index (χ1) is 8.79. The van der Waals surface area contributed by atoms with Crippen LogP contribution in [0.3, 0.4) is 0 Å². The summed E-state index contributed by atoms with van der Waals surface area (Å²) in [5.74, 6) is 0.938. The summed E-state index contributed by atoms with van der Waals surface area (Å²) in [6, 6.07) is 1.20. The molecule has 3 unspecified atom stereocenters. The summed E-state index contributed by atoms with van der Waals surface area (Å²) >= 11 is 1.87. The highest BCUT2D eigenvalue weighted by Crippen LogP contribution is 2.40. The van der Waals surface area contributed by atoms with Crippen molar-refractivity contribution in [1.29, 1.82) is 0 Å². The highest BCUT2D eigenvalue weighted by Gasteiger charge is 2.36. The molecule has 1 aromatic heterocycles. The molecule has 100 valence electrons. The molecule has 1 N–H and O–H groups in total. The van der Waals surface area contributed by atoms with Gasteiger partial charge in [-0.2, -0.15) is 0 Å². The topological polar surface area (TPSA) is 28.2 Å². The normalized spacial score (nSPS) is 29.3. The first kappa shape index (κ1) is 12.4. The lowest BCUT2D eigenvalue weighted by molar-refractivity contribution is 0.362. The number of nitrogens with zero attached hydrogens (tertiary/aromatic N) is 2. The van der Waals surface area contributed by atoms with Crippen LogP contribution >= 0.6 is 11.3 Å². The molecule has 18 heavy (non-hydrogen) atoms. The van der Waals surface area contributed by atoms with Crippen molar-refractivity contribution in [3.05, 3.63) is 11.1 Å². The fourth-order valence-electron chi connectivity index (χ4n) is 3.44. The van der Waals surface area contributed by atoms with Crippen molar-refractivity contribution in [1.82, 2.24) is 10.3 Å². The number of anilines is 1. The Kier molecular flexibility index (Phi) is 3.57. The Hall–Kier alpha value is -0.610. The molecule has 0 spiro atoms. The van der Waals surface area contributed by atoms with Gasteiger partial charge in [0.15, 0.2) is 5.13 Å².